The SMILES string of the molecule is C[Te]1(I)CCCSCCSCCC1. The van der Waals surface area contributed by atoms with Crippen LogP contribution in [0.1, 0.15) is 12.8 Å². The number of thioether (sulfide) groups is 2. The number of hydrogen-bond acceptors (Lipinski definition) is 2. The van der Waals surface area contributed by atoms with Crippen LogP contribution in [0.3, 0.4) is 0 Å². The van der Waals surface area contributed by atoms with Crippen LogP contribution in [0.2, 0.25) is 13.9 Å². The van der Waals surface area contributed by atoms with Crippen molar-refractivity contribution in [2.45, 2.75) is 26.8 Å². The molecule has 0 aliphatic carbocycles. The molecule has 13 heavy (non-hydrogen) atoms. The van der Waals surface area contributed by atoms with E-state index in [1.807, 2.05) is 0 Å². The molecule has 1 heterocycles. The molecule has 1 fully saturated rings. The van der Waals surface area contributed by atoms with Crippen molar-refractivity contribution in [3.05, 3.63) is 0 Å². The van der Waals surface area contributed by atoms with Crippen molar-refractivity contribution in [2.24, 2.45) is 0 Å². The first-order valence-electron chi connectivity index (χ1n) is 4.79. The summed E-state index contributed by atoms with van der Waals surface area (Å²) in [5.41, 5.74) is 0. The number of rotatable bonds is 0. The Balaban J connectivity index is 2.27. The van der Waals surface area contributed by atoms with Gasteiger partial charge in [0.25, 0.3) is 0 Å². The Morgan fingerprint density at radius 2 is 1.38 bits per heavy atom. The van der Waals surface area contributed by atoms with Crippen molar-refractivity contribution in [1.29, 1.82) is 0 Å². The quantitative estimate of drug-likeness (QED) is 0.404. The van der Waals surface area contributed by atoms with Gasteiger partial charge in [0.05, 0.1) is 0 Å². The zero-order chi connectivity index (χ0) is 9.57. The van der Waals surface area contributed by atoms with E-state index >= 15 is 0 Å². The molecule has 0 aromatic carbocycles. The van der Waals surface area contributed by atoms with Crippen molar-refractivity contribution in [2.75, 3.05) is 23.0 Å². The van der Waals surface area contributed by atoms with E-state index < -0.39 is 14.2 Å². The summed E-state index contributed by atoms with van der Waals surface area (Å²) in [5.74, 6) is 5.61. The Bertz CT molecular complexity index is 128. The van der Waals surface area contributed by atoms with Crippen molar-refractivity contribution in [1.82, 2.24) is 0 Å². The van der Waals surface area contributed by atoms with E-state index in [9.17, 15) is 0 Å². The molecule has 1 saturated heterocycles. The second-order valence-corrected chi connectivity index (χ2v) is 29.1. The molecule has 1 aliphatic heterocycles. The van der Waals surface area contributed by atoms with Gasteiger partial charge in [0, 0.05) is 0 Å². The standard InChI is InChI=1S/C9H19IS2Te/c1-13(10)8-2-4-11-6-7-12-5-3-9-13/h2-9H2,1H3. The topological polar surface area (TPSA) is 0 Å². The molecule has 0 bridgehead atoms. The third-order valence-corrected chi connectivity index (χ3v) is 16.9. The van der Waals surface area contributed by atoms with E-state index in [1.54, 1.807) is 8.94 Å². The second-order valence-electron chi connectivity index (χ2n) is 3.49. The monoisotopic (exact) mass is 448 g/mol. The summed E-state index contributed by atoms with van der Waals surface area (Å²) >= 11 is 5.87. The van der Waals surface area contributed by atoms with Crippen LogP contribution in [-0.2, 0) is 0 Å². The van der Waals surface area contributed by atoms with Crippen molar-refractivity contribution in [3.63, 3.8) is 0 Å². The van der Waals surface area contributed by atoms with Crippen LogP contribution in [-0.4, -0.2) is 37.2 Å². The maximum atomic E-state index is 2.85. The molecule has 0 aromatic rings. The molecular formula is C9H19IS2Te. The fourth-order valence-electron chi connectivity index (χ4n) is 1.35. The first-order valence-corrected chi connectivity index (χ1v) is 19.5. The molecule has 0 N–H and O–H groups in total. The van der Waals surface area contributed by atoms with Crippen molar-refractivity contribution >= 4 is 56.5 Å². The fourth-order valence-corrected chi connectivity index (χ4v) is 13.6. The minimum atomic E-state index is -1.31. The van der Waals surface area contributed by atoms with E-state index in [0.29, 0.717) is 0 Å². The molecule has 4 heteroatoms. The maximum absolute atomic E-state index is 2.85. The van der Waals surface area contributed by atoms with Gasteiger partial charge in [-0.05, 0) is 0 Å². The molecule has 0 saturated carbocycles. The van der Waals surface area contributed by atoms with Gasteiger partial charge in [0.15, 0.2) is 0 Å². The third kappa shape index (κ3) is 7.16. The van der Waals surface area contributed by atoms with E-state index in [0.717, 1.165) is 0 Å². The Hall–Kier alpha value is 2.22. The van der Waals surface area contributed by atoms with Gasteiger partial charge in [-0.2, -0.15) is 0 Å². The first kappa shape index (κ1) is 13.3. The van der Waals surface area contributed by atoms with Gasteiger partial charge in [0.1, 0.15) is 0 Å². The van der Waals surface area contributed by atoms with Gasteiger partial charge in [-0.25, -0.2) is 0 Å². The Morgan fingerprint density at radius 3 is 1.85 bits per heavy atom. The molecule has 1 aliphatic rings. The molecule has 0 radical (unpaired) electrons. The predicted molar refractivity (Wildman–Crippen MR) is 79.1 cm³/mol. The Kier molecular flexibility index (Phi) is 7.65. The second kappa shape index (κ2) is 7.49. The summed E-state index contributed by atoms with van der Waals surface area (Å²) in [4.78, 5) is 2.61. The Morgan fingerprint density at radius 1 is 0.923 bits per heavy atom. The first-order chi connectivity index (χ1) is 6.21. The van der Waals surface area contributed by atoms with Crippen molar-refractivity contribution in [3.8, 4) is 0 Å². The summed E-state index contributed by atoms with van der Waals surface area (Å²) in [6.07, 6.45) is 2.99. The third-order valence-electron chi connectivity index (χ3n) is 2.09. The predicted octanol–water partition coefficient (Wildman–Crippen LogP) is 4.26. The van der Waals surface area contributed by atoms with E-state index in [1.165, 1.54) is 35.9 Å². The zero-order valence-corrected chi connectivity index (χ0v) is 14.4. The minimum absolute atomic E-state index is 1.31. The molecule has 1 rings (SSSR count). The average molecular weight is 446 g/mol. The summed E-state index contributed by atoms with van der Waals surface area (Å²) in [5, 5.41) is 0. The summed E-state index contributed by atoms with van der Waals surface area (Å²) < 4.78 is 3.20. The van der Waals surface area contributed by atoms with Gasteiger partial charge in [0.2, 0.25) is 0 Å². The summed E-state index contributed by atoms with van der Waals surface area (Å²) in [6, 6.07) is 0. The molecule has 0 nitrogen and oxygen atoms in total. The van der Waals surface area contributed by atoms with Crippen LogP contribution in [0.5, 0.6) is 0 Å². The van der Waals surface area contributed by atoms with E-state index in [-0.39, 0.29) is 0 Å². The molecule has 0 unspecified atom stereocenters. The van der Waals surface area contributed by atoms with E-state index in [2.05, 4.69) is 47.2 Å². The summed E-state index contributed by atoms with van der Waals surface area (Å²) in [6.45, 7) is 0. The van der Waals surface area contributed by atoms with Crippen LogP contribution in [0.25, 0.3) is 0 Å². The molecule has 0 amide bonds. The van der Waals surface area contributed by atoms with Gasteiger partial charge in [-0.1, -0.05) is 0 Å². The van der Waals surface area contributed by atoms with Crippen LogP contribution >= 0.6 is 42.2 Å². The molecule has 0 aromatic heterocycles. The van der Waals surface area contributed by atoms with Gasteiger partial charge in [-0.15, -0.1) is 0 Å². The van der Waals surface area contributed by atoms with Crippen LogP contribution in [0.4, 0.5) is 0 Å². The number of halogens is 1. The summed E-state index contributed by atoms with van der Waals surface area (Å²) in [7, 11) is 0. The zero-order valence-electron chi connectivity index (χ0n) is 8.26. The molecule has 80 valence electrons. The molecule has 0 spiro atoms. The Labute approximate surface area is 105 Å². The molecular weight excluding hydrogens is 427 g/mol. The van der Waals surface area contributed by atoms with Crippen LogP contribution < -0.4 is 0 Å². The van der Waals surface area contributed by atoms with Crippen LogP contribution in [0, 0.1) is 0 Å². The van der Waals surface area contributed by atoms with Crippen LogP contribution in [0.15, 0.2) is 0 Å². The van der Waals surface area contributed by atoms with Crippen molar-refractivity contribution < 1.29 is 0 Å². The van der Waals surface area contributed by atoms with Gasteiger partial charge < -0.3 is 0 Å². The normalized spacial score (nSPS) is 28.8. The average Bonchev–Trinajstić information content (AvgIpc) is 2.10. The number of hydrogen-bond donors (Lipinski definition) is 0. The van der Waals surface area contributed by atoms with Gasteiger partial charge >= 0.3 is 106 Å². The fraction of sp³-hybridized carbons (Fsp3) is 1.00. The van der Waals surface area contributed by atoms with Gasteiger partial charge in [-0.3, -0.25) is 0 Å². The molecule has 0 atom stereocenters. The van der Waals surface area contributed by atoms with E-state index in [4.69, 9.17) is 0 Å².